The molecule has 3 aliphatic rings. The third-order valence-corrected chi connectivity index (χ3v) is 7.67. The quantitative estimate of drug-likeness (QED) is 0.623. The van der Waals surface area contributed by atoms with Gasteiger partial charge in [-0.1, -0.05) is 41.9 Å². The molecule has 2 aromatic carbocycles. The summed E-state index contributed by atoms with van der Waals surface area (Å²) in [5.74, 6) is -0.938. The first kappa shape index (κ1) is 19.4. The lowest BCUT2D eigenvalue weighted by Crippen LogP contribution is -2.49. The molecule has 2 aromatic rings. The summed E-state index contributed by atoms with van der Waals surface area (Å²) < 4.78 is 5.65. The Morgan fingerprint density at radius 1 is 1.00 bits per heavy atom. The van der Waals surface area contributed by atoms with E-state index in [-0.39, 0.29) is 16.4 Å². The van der Waals surface area contributed by atoms with Crippen LogP contribution in [0.1, 0.15) is 39.1 Å². The number of carbonyl (C=O) groups excluding carboxylic acids is 3. The van der Waals surface area contributed by atoms with E-state index in [0.29, 0.717) is 35.8 Å². The van der Waals surface area contributed by atoms with Crippen molar-refractivity contribution in [1.82, 2.24) is 4.90 Å². The number of piperidine rings is 1. The predicted molar refractivity (Wildman–Crippen MR) is 116 cm³/mol. The van der Waals surface area contributed by atoms with Crippen LogP contribution >= 0.6 is 23.4 Å². The summed E-state index contributed by atoms with van der Waals surface area (Å²) in [5.41, 5.74) is 1.78. The van der Waals surface area contributed by atoms with Crippen LogP contribution in [-0.2, 0) is 9.53 Å². The van der Waals surface area contributed by atoms with E-state index >= 15 is 0 Å². The number of allylic oxidation sites excluding steroid dienone is 1. The molecule has 0 unspecified atom stereocenters. The molecule has 30 heavy (non-hydrogen) atoms. The fourth-order valence-electron chi connectivity index (χ4n) is 4.18. The third kappa shape index (κ3) is 3.15. The van der Waals surface area contributed by atoms with E-state index in [2.05, 4.69) is 0 Å². The summed E-state index contributed by atoms with van der Waals surface area (Å²) in [4.78, 5) is 40.3. The van der Waals surface area contributed by atoms with Gasteiger partial charge in [-0.25, -0.2) is 0 Å². The van der Waals surface area contributed by atoms with Crippen molar-refractivity contribution < 1.29 is 19.1 Å². The lowest BCUT2D eigenvalue weighted by atomic mass is 9.92. The van der Waals surface area contributed by atoms with E-state index in [9.17, 15) is 14.4 Å². The zero-order valence-corrected chi connectivity index (χ0v) is 17.6. The molecule has 1 fully saturated rings. The topological polar surface area (TPSA) is 63.7 Å². The average Bonchev–Trinajstić information content (AvgIpc) is 2.77. The van der Waals surface area contributed by atoms with Crippen molar-refractivity contribution in [3.8, 4) is 0 Å². The van der Waals surface area contributed by atoms with Crippen LogP contribution in [0, 0.1) is 0 Å². The molecule has 1 amide bonds. The van der Waals surface area contributed by atoms with Crippen LogP contribution in [-0.4, -0.2) is 46.8 Å². The van der Waals surface area contributed by atoms with Gasteiger partial charge in [-0.3, -0.25) is 14.4 Å². The van der Waals surface area contributed by atoms with E-state index in [0.717, 1.165) is 23.3 Å². The second-order valence-electron chi connectivity index (χ2n) is 7.74. The highest BCUT2D eigenvalue weighted by molar-refractivity contribution is 8.09. The van der Waals surface area contributed by atoms with Gasteiger partial charge in [0.2, 0.25) is 5.78 Å². The van der Waals surface area contributed by atoms with Gasteiger partial charge in [-0.2, -0.15) is 0 Å². The fourth-order valence-corrected chi connectivity index (χ4v) is 5.84. The zero-order chi connectivity index (χ0) is 20.9. The number of thioether (sulfide) groups is 1. The summed E-state index contributed by atoms with van der Waals surface area (Å²) in [7, 11) is 0. The molecule has 152 valence electrons. The Balaban J connectivity index is 1.37. The highest BCUT2D eigenvalue weighted by Crippen LogP contribution is 2.51. The van der Waals surface area contributed by atoms with Crippen LogP contribution in [0.3, 0.4) is 0 Å². The van der Waals surface area contributed by atoms with Gasteiger partial charge in [-0.05, 0) is 31.0 Å². The third-order valence-electron chi connectivity index (χ3n) is 5.87. The molecule has 5 rings (SSSR count). The van der Waals surface area contributed by atoms with Gasteiger partial charge in [0, 0.05) is 34.8 Å². The molecule has 1 aliphatic carbocycles. The average molecular weight is 440 g/mol. The Bertz CT molecular complexity index is 1120. The number of amides is 1. The van der Waals surface area contributed by atoms with Crippen LogP contribution in [0.5, 0.6) is 0 Å². The van der Waals surface area contributed by atoms with Crippen LogP contribution in [0.25, 0.3) is 4.91 Å². The summed E-state index contributed by atoms with van der Waals surface area (Å²) in [6.07, 6.45) is 1.48. The summed E-state index contributed by atoms with van der Waals surface area (Å²) in [6, 6.07) is 14.2. The minimum atomic E-state index is -0.570. The Kier molecular flexibility index (Phi) is 4.71. The van der Waals surface area contributed by atoms with E-state index in [1.54, 1.807) is 48.2 Å². The Labute approximate surface area is 183 Å². The Morgan fingerprint density at radius 2 is 1.73 bits per heavy atom. The van der Waals surface area contributed by atoms with Gasteiger partial charge >= 0.3 is 0 Å². The molecule has 1 saturated heterocycles. The fraction of sp³-hybridized carbons (Fsp3) is 0.261. The smallest absolute Gasteiger partial charge is 0.269 e. The second-order valence-corrected chi connectivity index (χ2v) is 9.65. The van der Waals surface area contributed by atoms with Crippen molar-refractivity contribution in [1.29, 1.82) is 0 Å². The molecule has 0 aromatic heterocycles. The number of benzene rings is 2. The molecule has 2 aliphatic heterocycles. The van der Waals surface area contributed by atoms with Gasteiger partial charge in [0.05, 0.1) is 9.65 Å². The van der Waals surface area contributed by atoms with Crippen molar-refractivity contribution in [2.75, 3.05) is 19.7 Å². The van der Waals surface area contributed by atoms with Gasteiger partial charge in [0.15, 0.2) is 5.76 Å². The van der Waals surface area contributed by atoms with Gasteiger partial charge in [0.1, 0.15) is 6.61 Å². The van der Waals surface area contributed by atoms with Crippen LogP contribution < -0.4 is 0 Å². The van der Waals surface area contributed by atoms with Crippen LogP contribution in [0.4, 0.5) is 0 Å². The maximum Gasteiger partial charge on any atom is 0.269 e. The van der Waals surface area contributed by atoms with E-state index in [1.165, 1.54) is 0 Å². The van der Waals surface area contributed by atoms with Crippen molar-refractivity contribution >= 4 is 45.7 Å². The van der Waals surface area contributed by atoms with Crippen molar-refractivity contribution in [3.63, 3.8) is 0 Å². The predicted octanol–water partition coefficient (Wildman–Crippen LogP) is 4.21. The van der Waals surface area contributed by atoms with E-state index < -0.39 is 11.6 Å². The number of nitrogens with zero attached hydrogens (tertiary/aromatic N) is 1. The lowest BCUT2D eigenvalue weighted by molar-refractivity contribution is -0.115. The molecular weight excluding hydrogens is 422 g/mol. The molecule has 5 nitrogen and oxygen atoms in total. The number of Topliss-reactive ketones (excluding diaryl/α,β-unsaturated/α-hetero) is 2. The number of ether oxygens (including phenoxy) is 1. The number of halogens is 1. The highest BCUT2D eigenvalue weighted by Gasteiger charge is 2.46. The zero-order valence-electron chi connectivity index (χ0n) is 16.0. The van der Waals surface area contributed by atoms with Crippen LogP contribution in [0.15, 0.2) is 54.3 Å². The molecule has 2 heterocycles. The van der Waals surface area contributed by atoms with Crippen molar-refractivity contribution in [3.05, 3.63) is 76.0 Å². The number of rotatable bonds is 1. The maximum absolute atomic E-state index is 12.8. The summed E-state index contributed by atoms with van der Waals surface area (Å²) in [6.45, 7) is 1.55. The summed E-state index contributed by atoms with van der Waals surface area (Å²) >= 11 is 7.65. The SMILES string of the molecule is O=C1C(=O)c2ccccc2C2=C1OCC1(CCN(C(=O)c3cccc(Cl)c3)CC1)S2. The number of likely N-dealkylation sites (tertiary alicyclic amines) is 1. The van der Waals surface area contributed by atoms with E-state index in [1.807, 2.05) is 17.0 Å². The molecule has 0 N–H and O–H groups in total. The maximum atomic E-state index is 12.8. The Hall–Kier alpha value is -2.57. The molecule has 0 saturated carbocycles. The minimum Gasteiger partial charge on any atom is -0.487 e. The number of ketones is 2. The van der Waals surface area contributed by atoms with Crippen LogP contribution in [0.2, 0.25) is 5.02 Å². The first-order valence-electron chi connectivity index (χ1n) is 9.77. The molecule has 7 heteroatoms. The largest absolute Gasteiger partial charge is 0.487 e. The molecule has 1 spiro atoms. The lowest BCUT2D eigenvalue weighted by Gasteiger charge is -2.44. The van der Waals surface area contributed by atoms with Gasteiger partial charge in [-0.15, -0.1) is 11.8 Å². The van der Waals surface area contributed by atoms with Crippen molar-refractivity contribution in [2.45, 2.75) is 17.6 Å². The number of carbonyl (C=O) groups is 3. The Morgan fingerprint density at radius 3 is 2.47 bits per heavy atom. The molecule has 0 atom stereocenters. The molecule has 0 radical (unpaired) electrons. The number of hydrogen-bond donors (Lipinski definition) is 0. The van der Waals surface area contributed by atoms with Crippen molar-refractivity contribution in [2.24, 2.45) is 0 Å². The van der Waals surface area contributed by atoms with E-state index in [4.69, 9.17) is 16.3 Å². The standard InChI is InChI=1S/C23H18ClNO4S/c24-15-5-3-4-14(12-15)22(28)25-10-8-23(9-11-25)13-29-20-19(27)18(26)16-6-1-2-7-17(16)21(20)30-23/h1-7,12H,8-11,13H2. The first-order valence-corrected chi connectivity index (χ1v) is 11.0. The first-order chi connectivity index (χ1) is 14.5. The molecule has 0 bridgehead atoms. The van der Waals surface area contributed by atoms with Gasteiger partial charge in [0.25, 0.3) is 11.7 Å². The monoisotopic (exact) mass is 439 g/mol. The summed E-state index contributed by atoms with van der Waals surface area (Å²) in [5, 5.41) is 0.542. The van der Waals surface area contributed by atoms with Gasteiger partial charge < -0.3 is 9.64 Å². The minimum absolute atomic E-state index is 0.0298. The number of fused-ring (bicyclic) bond motifs is 2. The second kappa shape index (κ2) is 7.29. The number of hydrogen-bond acceptors (Lipinski definition) is 5. The highest BCUT2D eigenvalue weighted by atomic mass is 35.5. The molecular formula is C23H18ClNO4S. The normalized spacial score (nSPS) is 20.0.